The van der Waals surface area contributed by atoms with Gasteiger partial charge in [0.2, 0.25) is 11.6 Å². The molecule has 0 spiro atoms. The van der Waals surface area contributed by atoms with Gasteiger partial charge >= 0.3 is 0 Å². The van der Waals surface area contributed by atoms with Gasteiger partial charge in [0, 0.05) is 63.4 Å². The van der Waals surface area contributed by atoms with Gasteiger partial charge in [-0.05, 0) is 12.0 Å². The van der Waals surface area contributed by atoms with Gasteiger partial charge in [-0.25, -0.2) is 9.97 Å². The van der Waals surface area contributed by atoms with Crippen molar-refractivity contribution in [1.29, 1.82) is 0 Å². The molecule has 1 unspecified atom stereocenters. The number of aromatic nitrogens is 2. The summed E-state index contributed by atoms with van der Waals surface area (Å²) in [6.45, 7) is 9.52. The van der Waals surface area contributed by atoms with E-state index in [-0.39, 0.29) is 17.3 Å². The molecule has 1 aliphatic carbocycles. The zero-order valence-corrected chi connectivity index (χ0v) is 22.0. The van der Waals surface area contributed by atoms with Crippen LogP contribution < -0.4 is 14.8 Å². The molecular weight excluding hydrogens is 474 g/mol. The maximum absolute atomic E-state index is 13.0. The van der Waals surface area contributed by atoms with Crippen molar-refractivity contribution in [2.24, 2.45) is 5.92 Å². The standard InChI is InChI=1S/C27H35N5O5/c1-5-18(2)16-31-6-8-32(9-7-31)22-15-23(33)21(13-24(22)34)30-27-19-12-25(36-4)26(37-11-10-35-3)14-20(19)28-17-29-27/h12-15,17-18H,5-11,16H2,1-4H3,(H,28,29,30). The van der Waals surface area contributed by atoms with Gasteiger partial charge in [0.1, 0.15) is 18.8 Å². The average molecular weight is 510 g/mol. The topological polar surface area (TPSA) is 106 Å². The number of rotatable bonds is 11. The van der Waals surface area contributed by atoms with E-state index in [0.717, 1.165) is 39.1 Å². The highest BCUT2D eigenvalue weighted by Gasteiger charge is 2.28. The van der Waals surface area contributed by atoms with E-state index in [4.69, 9.17) is 14.2 Å². The van der Waals surface area contributed by atoms with Gasteiger partial charge in [0.25, 0.3) is 0 Å². The number of nitrogens with zero attached hydrogens (tertiary/aromatic N) is 4. The van der Waals surface area contributed by atoms with E-state index in [1.165, 1.54) is 18.5 Å². The Balaban J connectivity index is 1.47. The van der Waals surface area contributed by atoms with Crippen molar-refractivity contribution < 1.29 is 23.8 Å². The molecule has 2 aromatic rings. The highest BCUT2D eigenvalue weighted by atomic mass is 16.5. The van der Waals surface area contributed by atoms with Crippen LogP contribution in [0.4, 0.5) is 5.82 Å². The first-order chi connectivity index (χ1) is 17.9. The Kier molecular flexibility index (Phi) is 8.73. The lowest BCUT2D eigenvalue weighted by Crippen LogP contribution is -2.48. The molecule has 1 fully saturated rings. The van der Waals surface area contributed by atoms with Crippen LogP contribution in [-0.2, 0) is 14.3 Å². The molecule has 0 bridgehead atoms. The fraction of sp³-hybridized carbons (Fsp3) is 0.481. The monoisotopic (exact) mass is 509 g/mol. The van der Waals surface area contributed by atoms with Crippen LogP contribution in [0.2, 0.25) is 0 Å². The molecule has 2 aliphatic rings. The molecule has 10 nitrogen and oxygen atoms in total. The second kappa shape index (κ2) is 12.2. The summed E-state index contributed by atoms with van der Waals surface area (Å²) in [5.41, 5.74) is 1.22. The minimum atomic E-state index is -0.269. The number of hydrogen-bond donors (Lipinski definition) is 1. The molecule has 37 heavy (non-hydrogen) atoms. The first kappa shape index (κ1) is 26.6. The number of nitrogens with one attached hydrogen (secondary N) is 1. The summed E-state index contributed by atoms with van der Waals surface area (Å²) in [4.78, 5) is 39.1. The maximum Gasteiger partial charge on any atom is 0.204 e. The van der Waals surface area contributed by atoms with Gasteiger partial charge in [-0.15, -0.1) is 0 Å². The molecule has 1 saturated heterocycles. The lowest BCUT2D eigenvalue weighted by molar-refractivity contribution is -0.116. The largest absolute Gasteiger partial charge is 0.493 e. The predicted molar refractivity (Wildman–Crippen MR) is 141 cm³/mol. The number of fused-ring (bicyclic) bond motifs is 1. The number of ether oxygens (including phenoxy) is 3. The summed E-state index contributed by atoms with van der Waals surface area (Å²) >= 11 is 0. The molecule has 0 radical (unpaired) electrons. The summed E-state index contributed by atoms with van der Waals surface area (Å²) in [5.74, 6) is 1.60. The smallest absolute Gasteiger partial charge is 0.204 e. The number of piperazine rings is 1. The van der Waals surface area contributed by atoms with Crippen LogP contribution in [0.25, 0.3) is 10.9 Å². The Morgan fingerprint density at radius 2 is 1.78 bits per heavy atom. The van der Waals surface area contributed by atoms with Crippen molar-refractivity contribution in [1.82, 2.24) is 19.8 Å². The fourth-order valence-electron chi connectivity index (χ4n) is 4.43. The Morgan fingerprint density at radius 1 is 1.00 bits per heavy atom. The quantitative estimate of drug-likeness (QED) is 0.359. The molecule has 1 aliphatic heterocycles. The number of benzene rings is 1. The minimum absolute atomic E-state index is 0.170. The van der Waals surface area contributed by atoms with Crippen molar-refractivity contribution >= 4 is 28.3 Å². The number of methoxy groups -OCH3 is 2. The zero-order chi connectivity index (χ0) is 26.4. The van der Waals surface area contributed by atoms with E-state index in [0.29, 0.717) is 53.0 Å². The van der Waals surface area contributed by atoms with Crippen LogP contribution in [0, 0.1) is 5.92 Å². The molecule has 10 heteroatoms. The van der Waals surface area contributed by atoms with Crippen LogP contribution in [0.3, 0.4) is 0 Å². The predicted octanol–water partition coefficient (Wildman–Crippen LogP) is 2.66. The van der Waals surface area contributed by atoms with Gasteiger partial charge in [0.15, 0.2) is 11.5 Å². The summed E-state index contributed by atoms with van der Waals surface area (Å²) < 4.78 is 16.3. The number of carbonyl (C=O) groups excluding carboxylic acids is 2. The Bertz CT molecular complexity index is 1200. The Hall–Kier alpha value is -3.50. The van der Waals surface area contributed by atoms with Crippen LogP contribution in [0.1, 0.15) is 20.3 Å². The number of carbonyl (C=O) groups is 2. The number of allylic oxidation sites excluding steroid dienone is 2. The highest BCUT2D eigenvalue weighted by molar-refractivity contribution is 6.21. The van der Waals surface area contributed by atoms with Crippen molar-refractivity contribution in [3.8, 4) is 11.5 Å². The lowest BCUT2D eigenvalue weighted by Gasteiger charge is -2.38. The minimum Gasteiger partial charge on any atom is -0.493 e. The maximum atomic E-state index is 13.0. The second-order valence-corrected chi connectivity index (χ2v) is 9.33. The molecule has 1 N–H and O–H groups in total. The molecule has 1 aromatic heterocycles. The summed E-state index contributed by atoms with van der Waals surface area (Å²) in [6, 6.07) is 3.49. The van der Waals surface area contributed by atoms with E-state index in [1.807, 2.05) is 4.90 Å². The molecule has 1 atom stereocenters. The fourth-order valence-corrected chi connectivity index (χ4v) is 4.43. The third-order valence-electron chi connectivity index (χ3n) is 6.76. The van der Waals surface area contributed by atoms with Crippen LogP contribution in [0.5, 0.6) is 11.5 Å². The number of hydrogen-bond acceptors (Lipinski definition) is 10. The van der Waals surface area contributed by atoms with E-state index < -0.39 is 0 Å². The van der Waals surface area contributed by atoms with E-state index in [1.54, 1.807) is 26.4 Å². The van der Waals surface area contributed by atoms with Gasteiger partial charge < -0.3 is 24.4 Å². The number of ketones is 2. The van der Waals surface area contributed by atoms with Crippen LogP contribution in [-0.4, -0.2) is 91.5 Å². The molecule has 1 aromatic carbocycles. The van der Waals surface area contributed by atoms with Gasteiger partial charge in [-0.2, -0.15) is 0 Å². The molecule has 198 valence electrons. The van der Waals surface area contributed by atoms with Gasteiger partial charge in [-0.1, -0.05) is 20.3 Å². The average Bonchev–Trinajstić information content (AvgIpc) is 2.91. The van der Waals surface area contributed by atoms with E-state index >= 15 is 0 Å². The summed E-state index contributed by atoms with van der Waals surface area (Å²) in [6.07, 6.45) is 5.33. The number of anilines is 1. The highest BCUT2D eigenvalue weighted by Crippen LogP contribution is 2.34. The van der Waals surface area contributed by atoms with Crippen molar-refractivity contribution in [2.75, 3.05) is 65.5 Å². The van der Waals surface area contributed by atoms with Crippen molar-refractivity contribution in [2.45, 2.75) is 20.3 Å². The Labute approximate surface area is 217 Å². The second-order valence-electron chi connectivity index (χ2n) is 9.33. The third-order valence-corrected chi connectivity index (χ3v) is 6.76. The van der Waals surface area contributed by atoms with E-state index in [2.05, 4.69) is 34.0 Å². The zero-order valence-electron chi connectivity index (χ0n) is 22.0. The normalized spacial score (nSPS) is 17.5. The van der Waals surface area contributed by atoms with Crippen molar-refractivity contribution in [3.63, 3.8) is 0 Å². The first-order valence-corrected chi connectivity index (χ1v) is 12.6. The van der Waals surface area contributed by atoms with Gasteiger partial charge in [-0.3, -0.25) is 14.5 Å². The van der Waals surface area contributed by atoms with Gasteiger partial charge in [0.05, 0.1) is 30.6 Å². The summed E-state index contributed by atoms with van der Waals surface area (Å²) in [5, 5.41) is 3.67. The SMILES string of the molecule is CCC(C)CN1CCN(C2=CC(=O)C(Nc3ncnc4cc(OCCOC)c(OC)cc34)=CC2=O)CC1. The summed E-state index contributed by atoms with van der Waals surface area (Å²) in [7, 11) is 3.15. The molecular formula is C27H35N5O5. The lowest BCUT2D eigenvalue weighted by atomic mass is 10.0. The third kappa shape index (κ3) is 6.26. The molecule has 2 heterocycles. The molecule has 0 amide bonds. The molecule has 4 rings (SSSR count). The van der Waals surface area contributed by atoms with Crippen LogP contribution >= 0.6 is 0 Å². The first-order valence-electron chi connectivity index (χ1n) is 12.6. The van der Waals surface area contributed by atoms with E-state index in [9.17, 15) is 9.59 Å². The van der Waals surface area contributed by atoms with Crippen LogP contribution in [0.15, 0.2) is 42.0 Å². The Morgan fingerprint density at radius 3 is 2.49 bits per heavy atom. The molecule has 0 saturated carbocycles. The van der Waals surface area contributed by atoms with Crippen molar-refractivity contribution in [3.05, 3.63) is 42.0 Å².